The lowest BCUT2D eigenvalue weighted by atomic mass is 10.1. The fourth-order valence-corrected chi connectivity index (χ4v) is 0.845. The van der Waals surface area contributed by atoms with E-state index in [-0.39, 0.29) is 5.56 Å². The molecule has 1 aromatic rings. The third-order valence-electron chi connectivity index (χ3n) is 1.38. The van der Waals surface area contributed by atoms with E-state index in [2.05, 4.69) is 4.98 Å². The number of aromatic hydroxyl groups is 1. The normalized spacial score (nSPS) is 10.5. The van der Waals surface area contributed by atoms with Crippen LogP contribution in [0, 0.1) is 6.92 Å². The Morgan fingerprint density at radius 2 is 2.09 bits per heavy atom. The van der Waals surface area contributed by atoms with Gasteiger partial charge in [-0.1, -0.05) is 0 Å². The lowest BCUT2D eigenvalue weighted by Gasteiger charge is -2.04. The van der Waals surface area contributed by atoms with Crippen molar-refractivity contribution < 1.29 is 13.9 Å². The molecule has 0 radical (unpaired) electrons. The van der Waals surface area contributed by atoms with Crippen molar-refractivity contribution in [1.29, 1.82) is 0 Å². The molecular weight excluding hydrogens is 152 g/mol. The van der Waals surface area contributed by atoms with Crippen LogP contribution in [0.3, 0.4) is 0 Å². The molecule has 0 aliphatic rings. The van der Waals surface area contributed by atoms with Crippen molar-refractivity contribution in [2.24, 2.45) is 0 Å². The summed E-state index contributed by atoms with van der Waals surface area (Å²) in [6, 6.07) is 0. The standard InChI is InChI=1S/C7H7F2NO/c1-4-2-10-3-5(11)6(4)7(8)9/h2-3,7,11H,1H3. The van der Waals surface area contributed by atoms with Crippen molar-refractivity contribution in [2.75, 3.05) is 0 Å². The molecule has 0 aromatic carbocycles. The summed E-state index contributed by atoms with van der Waals surface area (Å²) in [7, 11) is 0. The van der Waals surface area contributed by atoms with E-state index in [9.17, 15) is 8.78 Å². The van der Waals surface area contributed by atoms with E-state index in [0.29, 0.717) is 5.56 Å². The Morgan fingerprint density at radius 3 is 2.45 bits per heavy atom. The lowest BCUT2D eigenvalue weighted by molar-refractivity contribution is 0.146. The molecule has 60 valence electrons. The number of halogens is 2. The van der Waals surface area contributed by atoms with Gasteiger partial charge in [-0.3, -0.25) is 4.98 Å². The summed E-state index contributed by atoms with van der Waals surface area (Å²) in [5.74, 6) is -0.444. The lowest BCUT2D eigenvalue weighted by Crippen LogP contribution is -1.91. The minimum absolute atomic E-state index is 0.306. The molecular formula is C7H7F2NO. The van der Waals surface area contributed by atoms with Gasteiger partial charge in [0.1, 0.15) is 5.75 Å². The van der Waals surface area contributed by atoms with Gasteiger partial charge in [0.25, 0.3) is 6.43 Å². The number of hydrogen-bond donors (Lipinski definition) is 1. The molecule has 0 saturated heterocycles. The molecule has 0 saturated carbocycles. The maximum atomic E-state index is 12.1. The number of nitrogens with zero attached hydrogens (tertiary/aromatic N) is 1. The Hall–Kier alpha value is -1.19. The second-order valence-electron chi connectivity index (χ2n) is 2.19. The van der Waals surface area contributed by atoms with Crippen LogP contribution in [0.5, 0.6) is 5.75 Å². The summed E-state index contributed by atoms with van der Waals surface area (Å²) < 4.78 is 24.2. The first kappa shape index (κ1) is 7.91. The van der Waals surface area contributed by atoms with Gasteiger partial charge in [0, 0.05) is 6.20 Å². The first-order valence-corrected chi connectivity index (χ1v) is 3.04. The number of alkyl halides is 2. The molecule has 0 unspecified atom stereocenters. The van der Waals surface area contributed by atoms with Crippen molar-refractivity contribution in [3.05, 3.63) is 23.5 Å². The quantitative estimate of drug-likeness (QED) is 0.680. The Balaban J connectivity index is 3.21. The Kier molecular flexibility index (Phi) is 2.03. The number of aryl methyl sites for hydroxylation is 1. The SMILES string of the molecule is Cc1cncc(O)c1C(F)F. The van der Waals surface area contributed by atoms with Gasteiger partial charge in [-0.25, -0.2) is 8.78 Å². The zero-order valence-electron chi connectivity index (χ0n) is 5.88. The molecule has 0 fully saturated rings. The highest BCUT2D eigenvalue weighted by Crippen LogP contribution is 2.29. The maximum absolute atomic E-state index is 12.1. The second-order valence-corrected chi connectivity index (χ2v) is 2.19. The van der Waals surface area contributed by atoms with Crippen LogP contribution in [-0.4, -0.2) is 10.1 Å². The van der Waals surface area contributed by atoms with E-state index in [0.717, 1.165) is 6.20 Å². The van der Waals surface area contributed by atoms with E-state index in [1.165, 1.54) is 13.1 Å². The van der Waals surface area contributed by atoms with E-state index >= 15 is 0 Å². The number of pyridine rings is 1. The molecule has 2 nitrogen and oxygen atoms in total. The molecule has 0 bridgehead atoms. The molecule has 1 N–H and O–H groups in total. The summed E-state index contributed by atoms with van der Waals surface area (Å²) in [5.41, 5.74) is -0.0278. The van der Waals surface area contributed by atoms with Gasteiger partial charge in [0.2, 0.25) is 0 Å². The predicted octanol–water partition coefficient (Wildman–Crippen LogP) is 2.03. The smallest absolute Gasteiger partial charge is 0.267 e. The van der Waals surface area contributed by atoms with Crippen molar-refractivity contribution in [3.8, 4) is 5.75 Å². The van der Waals surface area contributed by atoms with Gasteiger partial charge in [0.15, 0.2) is 0 Å². The number of aromatic nitrogens is 1. The fraction of sp³-hybridized carbons (Fsp3) is 0.286. The summed E-state index contributed by atoms with van der Waals surface area (Å²) >= 11 is 0. The molecule has 0 amide bonds. The second kappa shape index (κ2) is 2.82. The Morgan fingerprint density at radius 1 is 1.45 bits per heavy atom. The molecule has 11 heavy (non-hydrogen) atoms. The Bertz CT molecular complexity index is 242. The Labute approximate surface area is 62.5 Å². The minimum atomic E-state index is -2.64. The summed E-state index contributed by atoms with van der Waals surface area (Å²) in [6.07, 6.45) is -0.339. The van der Waals surface area contributed by atoms with E-state index in [4.69, 9.17) is 5.11 Å². The van der Waals surface area contributed by atoms with E-state index in [1.54, 1.807) is 0 Å². The van der Waals surface area contributed by atoms with Gasteiger partial charge >= 0.3 is 0 Å². The van der Waals surface area contributed by atoms with Gasteiger partial charge in [-0.2, -0.15) is 0 Å². The fourth-order valence-electron chi connectivity index (χ4n) is 0.845. The number of rotatable bonds is 1. The van der Waals surface area contributed by atoms with Crippen LogP contribution in [0.25, 0.3) is 0 Å². The van der Waals surface area contributed by atoms with Crippen molar-refractivity contribution in [1.82, 2.24) is 4.98 Å². The first-order valence-electron chi connectivity index (χ1n) is 3.04. The highest BCUT2D eigenvalue weighted by molar-refractivity contribution is 5.35. The molecule has 1 heterocycles. The molecule has 1 aromatic heterocycles. The zero-order valence-corrected chi connectivity index (χ0v) is 5.88. The van der Waals surface area contributed by atoms with Crippen LogP contribution in [-0.2, 0) is 0 Å². The van der Waals surface area contributed by atoms with Crippen LogP contribution in [0.15, 0.2) is 12.4 Å². The molecule has 1 rings (SSSR count). The summed E-state index contributed by atoms with van der Waals surface area (Å²) in [5, 5.41) is 8.92. The highest BCUT2D eigenvalue weighted by Gasteiger charge is 2.14. The minimum Gasteiger partial charge on any atom is -0.506 e. The van der Waals surface area contributed by atoms with Crippen LogP contribution >= 0.6 is 0 Å². The van der Waals surface area contributed by atoms with Gasteiger partial charge < -0.3 is 5.11 Å². The van der Waals surface area contributed by atoms with Crippen LogP contribution < -0.4 is 0 Å². The average Bonchev–Trinajstić information content (AvgIpc) is 1.85. The maximum Gasteiger partial charge on any atom is 0.267 e. The van der Waals surface area contributed by atoms with Gasteiger partial charge in [0.05, 0.1) is 11.8 Å². The predicted molar refractivity (Wildman–Crippen MR) is 35.6 cm³/mol. The van der Waals surface area contributed by atoms with Crippen LogP contribution in [0.2, 0.25) is 0 Å². The van der Waals surface area contributed by atoms with Gasteiger partial charge in [-0.15, -0.1) is 0 Å². The van der Waals surface area contributed by atoms with Crippen LogP contribution in [0.4, 0.5) is 8.78 Å². The van der Waals surface area contributed by atoms with E-state index < -0.39 is 12.2 Å². The van der Waals surface area contributed by atoms with Crippen LogP contribution in [0.1, 0.15) is 17.6 Å². The zero-order chi connectivity index (χ0) is 8.43. The highest BCUT2D eigenvalue weighted by atomic mass is 19.3. The average molecular weight is 159 g/mol. The third kappa shape index (κ3) is 1.45. The van der Waals surface area contributed by atoms with Crippen molar-refractivity contribution in [3.63, 3.8) is 0 Å². The van der Waals surface area contributed by atoms with Gasteiger partial charge in [-0.05, 0) is 12.5 Å². The topological polar surface area (TPSA) is 33.1 Å². The largest absolute Gasteiger partial charge is 0.506 e. The number of hydrogen-bond acceptors (Lipinski definition) is 2. The van der Waals surface area contributed by atoms with Crippen molar-refractivity contribution >= 4 is 0 Å². The van der Waals surface area contributed by atoms with Crippen molar-refractivity contribution in [2.45, 2.75) is 13.3 Å². The molecule has 0 atom stereocenters. The third-order valence-corrected chi connectivity index (χ3v) is 1.38. The molecule has 0 aliphatic carbocycles. The molecule has 0 spiro atoms. The molecule has 4 heteroatoms. The van der Waals surface area contributed by atoms with E-state index in [1.807, 2.05) is 0 Å². The summed E-state index contributed by atoms with van der Waals surface area (Å²) in [4.78, 5) is 3.54. The first-order chi connectivity index (χ1) is 5.13. The summed E-state index contributed by atoms with van der Waals surface area (Å²) in [6.45, 7) is 1.48. The monoisotopic (exact) mass is 159 g/mol. The molecule has 0 aliphatic heterocycles.